The van der Waals surface area contributed by atoms with Crippen molar-refractivity contribution in [1.29, 1.82) is 0 Å². The first-order valence-electron chi connectivity index (χ1n) is 10.5. The van der Waals surface area contributed by atoms with Gasteiger partial charge in [-0.2, -0.15) is 0 Å². The van der Waals surface area contributed by atoms with E-state index in [4.69, 9.17) is 14.5 Å². The maximum atomic E-state index is 12.0. The highest BCUT2D eigenvalue weighted by Crippen LogP contribution is 2.31. The SMILES string of the molecule is CCCCOC(=O)/C=C/c1cccc(C)c1-c1cc2ccccc2c(COC(C)=O)n1. The lowest BCUT2D eigenvalue weighted by Crippen LogP contribution is -2.03. The fourth-order valence-corrected chi connectivity index (χ4v) is 3.38. The summed E-state index contributed by atoms with van der Waals surface area (Å²) in [5.41, 5.74) is 4.28. The molecule has 2 aromatic carbocycles. The van der Waals surface area contributed by atoms with Crippen LogP contribution >= 0.6 is 0 Å². The van der Waals surface area contributed by atoms with Crippen LogP contribution in [-0.4, -0.2) is 23.5 Å². The van der Waals surface area contributed by atoms with E-state index in [0.29, 0.717) is 12.3 Å². The second-order valence-corrected chi connectivity index (χ2v) is 7.35. The van der Waals surface area contributed by atoms with Crippen LogP contribution < -0.4 is 0 Å². The van der Waals surface area contributed by atoms with Gasteiger partial charge in [0, 0.05) is 23.9 Å². The zero-order chi connectivity index (χ0) is 22.2. The van der Waals surface area contributed by atoms with Crippen molar-refractivity contribution in [3.8, 4) is 11.3 Å². The molecule has 0 unspecified atom stereocenters. The minimum atomic E-state index is -0.358. The number of hydrogen-bond donors (Lipinski definition) is 0. The summed E-state index contributed by atoms with van der Waals surface area (Å²) in [6.07, 6.45) is 5.04. The first-order valence-corrected chi connectivity index (χ1v) is 10.5. The molecule has 0 aliphatic heterocycles. The van der Waals surface area contributed by atoms with E-state index in [2.05, 4.69) is 6.92 Å². The normalized spacial score (nSPS) is 11.1. The number of benzene rings is 2. The number of unbranched alkanes of at least 4 members (excludes halogenated alkanes) is 1. The van der Waals surface area contributed by atoms with E-state index in [-0.39, 0.29) is 18.5 Å². The monoisotopic (exact) mass is 417 g/mol. The molecule has 3 rings (SSSR count). The van der Waals surface area contributed by atoms with Crippen LogP contribution in [0.25, 0.3) is 28.1 Å². The van der Waals surface area contributed by atoms with Crippen LogP contribution in [0, 0.1) is 6.92 Å². The number of carbonyl (C=O) groups excluding carboxylic acids is 2. The zero-order valence-corrected chi connectivity index (χ0v) is 18.2. The molecule has 160 valence electrons. The lowest BCUT2D eigenvalue weighted by atomic mass is 9.96. The molecule has 0 amide bonds. The predicted octanol–water partition coefficient (Wildman–Crippen LogP) is 5.63. The standard InChI is InChI=1S/C26H27NO4/c1-4-5-15-30-25(29)14-13-20-11-8-9-18(2)26(20)23-16-21-10-6-7-12-22(21)24(27-23)17-31-19(3)28/h6-14,16H,4-5,15,17H2,1-3H3/b14-13+. The van der Waals surface area contributed by atoms with E-state index < -0.39 is 0 Å². The first kappa shape index (κ1) is 22.2. The van der Waals surface area contributed by atoms with E-state index in [1.54, 1.807) is 6.08 Å². The number of hydrogen-bond acceptors (Lipinski definition) is 5. The Balaban J connectivity index is 2.02. The number of esters is 2. The van der Waals surface area contributed by atoms with Gasteiger partial charge in [0.1, 0.15) is 6.61 Å². The van der Waals surface area contributed by atoms with Gasteiger partial charge in [0.15, 0.2) is 0 Å². The van der Waals surface area contributed by atoms with Crippen LogP contribution in [0.2, 0.25) is 0 Å². The van der Waals surface area contributed by atoms with E-state index in [0.717, 1.165) is 46.0 Å². The summed E-state index contributed by atoms with van der Waals surface area (Å²) in [6.45, 7) is 5.97. The molecule has 0 spiro atoms. The maximum Gasteiger partial charge on any atom is 0.330 e. The largest absolute Gasteiger partial charge is 0.463 e. The summed E-state index contributed by atoms with van der Waals surface area (Å²) in [5.74, 6) is -0.708. The van der Waals surface area contributed by atoms with Crippen LogP contribution in [0.4, 0.5) is 0 Å². The van der Waals surface area contributed by atoms with E-state index in [9.17, 15) is 9.59 Å². The van der Waals surface area contributed by atoms with Crippen LogP contribution in [0.3, 0.4) is 0 Å². The van der Waals surface area contributed by atoms with Crippen molar-refractivity contribution in [2.75, 3.05) is 6.61 Å². The van der Waals surface area contributed by atoms with Crippen molar-refractivity contribution in [2.45, 2.75) is 40.2 Å². The van der Waals surface area contributed by atoms with Gasteiger partial charge in [0.25, 0.3) is 0 Å². The lowest BCUT2D eigenvalue weighted by molar-refractivity contribution is -0.142. The Hall–Kier alpha value is -3.47. The van der Waals surface area contributed by atoms with Crippen molar-refractivity contribution < 1.29 is 19.1 Å². The fraction of sp³-hybridized carbons (Fsp3) is 0.269. The average molecular weight is 418 g/mol. The summed E-state index contributed by atoms with van der Waals surface area (Å²) in [6, 6.07) is 15.8. The number of nitrogens with zero attached hydrogens (tertiary/aromatic N) is 1. The van der Waals surface area contributed by atoms with E-state index >= 15 is 0 Å². The molecule has 5 nitrogen and oxygen atoms in total. The molecule has 0 N–H and O–H groups in total. The number of carbonyl (C=O) groups is 2. The van der Waals surface area contributed by atoms with Crippen LogP contribution in [0.1, 0.15) is 43.5 Å². The van der Waals surface area contributed by atoms with Crippen molar-refractivity contribution in [3.05, 3.63) is 71.4 Å². The molecular formula is C26H27NO4. The molecular weight excluding hydrogens is 390 g/mol. The Labute approximate surface area is 182 Å². The highest BCUT2D eigenvalue weighted by atomic mass is 16.5. The quantitative estimate of drug-likeness (QED) is 0.270. The molecule has 0 aliphatic rings. The Kier molecular flexibility index (Phi) is 7.55. The number of ether oxygens (including phenoxy) is 2. The lowest BCUT2D eigenvalue weighted by Gasteiger charge is -2.14. The molecule has 0 saturated carbocycles. The zero-order valence-electron chi connectivity index (χ0n) is 18.2. The van der Waals surface area contributed by atoms with Crippen LogP contribution in [-0.2, 0) is 25.7 Å². The predicted molar refractivity (Wildman–Crippen MR) is 122 cm³/mol. The van der Waals surface area contributed by atoms with E-state index in [1.807, 2.05) is 55.5 Å². The minimum absolute atomic E-state index is 0.102. The van der Waals surface area contributed by atoms with Crippen molar-refractivity contribution in [1.82, 2.24) is 4.98 Å². The first-order chi connectivity index (χ1) is 15.0. The van der Waals surface area contributed by atoms with Gasteiger partial charge in [-0.15, -0.1) is 0 Å². The van der Waals surface area contributed by atoms with Gasteiger partial charge < -0.3 is 9.47 Å². The fourth-order valence-electron chi connectivity index (χ4n) is 3.38. The summed E-state index contributed by atoms with van der Waals surface area (Å²) >= 11 is 0. The second-order valence-electron chi connectivity index (χ2n) is 7.35. The van der Waals surface area contributed by atoms with Crippen LogP contribution in [0.15, 0.2) is 54.6 Å². The molecule has 0 saturated heterocycles. The third kappa shape index (κ3) is 5.79. The summed E-state index contributed by atoms with van der Waals surface area (Å²) < 4.78 is 10.5. The van der Waals surface area contributed by atoms with Gasteiger partial charge >= 0.3 is 11.9 Å². The Bertz CT molecular complexity index is 1120. The van der Waals surface area contributed by atoms with Gasteiger partial charge in [0.05, 0.1) is 18.0 Å². The number of rotatable bonds is 8. The molecule has 0 atom stereocenters. The topological polar surface area (TPSA) is 65.5 Å². The second kappa shape index (κ2) is 10.5. The molecule has 3 aromatic rings. The number of fused-ring (bicyclic) bond motifs is 1. The van der Waals surface area contributed by atoms with Crippen molar-refractivity contribution in [2.24, 2.45) is 0 Å². The Morgan fingerprint density at radius 1 is 1.06 bits per heavy atom. The maximum absolute atomic E-state index is 12.0. The van der Waals surface area contributed by atoms with Crippen molar-refractivity contribution >= 4 is 28.8 Å². The number of aryl methyl sites for hydroxylation is 1. The molecule has 0 aliphatic carbocycles. The molecule has 0 fully saturated rings. The molecule has 31 heavy (non-hydrogen) atoms. The number of pyridine rings is 1. The van der Waals surface area contributed by atoms with Crippen molar-refractivity contribution in [3.63, 3.8) is 0 Å². The van der Waals surface area contributed by atoms with Gasteiger partial charge in [-0.1, -0.05) is 55.8 Å². The molecule has 0 bridgehead atoms. The van der Waals surface area contributed by atoms with Crippen LogP contribution in [0.5, 0.6) is 0 Å². The molecule has 1 aromatic heterocycles. The molecule has 5 heteroatoms. The summed E-state index contributed by atoms with van der Waals surface area (Å²) in [5, 5.41) is 1.95. The third-order valence-electron chi connectivity index (χ3n) is 4.93. The smallest absolute Gasteiger partial charge is 0.330 e. The summed E-state index contributed by atoms with van der Waals surface area (Å²) in [4.78, 5) is 28.2. The summed E-state index contributed by atoms with van der Waals surface area (Å²) in [7, 11) is 0. The number of aromatic nitrogens is 1. The van der Waals surface area contributed by atoms with E-state index in [1.165, 1.54) is 13.0 Å². The Morgan fingerprint density at radius 2 is 1.87 bits per heavy atom. The van der Waals surface area contributed by atoms with Gasteiger partial charge in [-0.05, 0) is 42.0 Å². The minimum Gasteiger partial charge on any atom is -0.463 e. The molecule has 1 heterocycles. The highest BCUT2D eigenvalue weighted by molar-refractivity contribution is 5.92. The third-order valence-corrected chi connectivity index (χ3v) is 4.93. The van der Waals surface area contributed by atoms with Gasteiger partial charge in [-0.25, -0.2) is 9.78 Å². The van der Waals surface area contributed by atoms with Gasteiger partial charge in [-0.3, -0.25) is 4.79 Å². The highest BCUT2D eigenvalue weighted by Gasteiger charge is 2.13. The van der Waals surface area contributed by atoms with Gasteiger partial charge in [0.2, 0.25) is 0 Å². The Morgan fingerprint density at radius 3 is 2.65 bits per heavy atom. The molecule has 0 radical (unpaired) electrons. The average Bonchev–Trinajstić information content (AvgIpc) is 2.76.